The maximum absolute atomic E-state index is 13.6. The number of aromatic nitrogens is 2. The molecule has 0 fully saturated rings. The van der Waals surface area contributed by atoms with E-state index in [1.165, 1.54) is 12.1 Å². The van der Waals surface area contributed by atoms with Crippen LogP contribution in [0.3, 0.4) is 0 Å². The highest BCUT2D eigenvalue weighted by atomic mass is 35.5. The van der Waals surface area contributed by atoms with Crippen LogP contribution in [0, 0.1) is 25.5 Å². The van der Waals surface area contributed by atoms with Gasteiger partial charge in [-0.1, -0.05) is 11.6 Å². The first-order chi connectivity index (χ1) is 8.00. The Balaban J connectivity index is 2.65. The van der Waals surface area contributed by atoms with Gasteiger partial charge in [0.15, 0.2) is 5.15 Å². The third-order valence-electron chi connectivity index (χ3n) is 2.65. The summed E-state index contributed by atoms with van der Waals surface area (Å²) in [7, 11) is 0. The average molecular weight is 255 g/mol. The average Bonchev–Trinajstić information content (AvgIpc) is 2.28. The van der Waals surface area contributed by atoms with Crippen molar-refractivity contribution >= 4 is 11.6 Å². The first-order valence-corrected chi connectivity index (χ1v) is 5.33. The van der Waals surface area contributed by atoms with Gasteiger partial charge in [-0.15, -0.1) is 10.2 Å². The number of hydrogen-bond acceptors (Lipinski definition) is 2. The first-order valence-electron chi connectivity index (χ1n) is 4.95. The second-order valence-corrected chi connectivity index (χ2v) is 4.07. The Labute approximate surface area is 102 Å². The van der Waals surface area contributed by atoms with Gasteiger partial charge in [0.05, 0.1) is 5.69 Å². The molecule has 5 heteroatoms. The van der Waals surface area contributed by atoms with Crippen LogP contribution in [-0.4, -0.2) is 10.2 Å². The lowest BCUT2D eigenvalue weighted by Crippen LogP contribution is -1.98. The molecule has 0 bridgehead atoms. The molecule has 1 heterocycles. The molecule has 0 aliphatic heterocycles. The van der Waals surface area contributed by atoms with E-state index >= 15 is 0 Å². The molecular formula is C12H9ClF2N2. The molecule has 0 N–H and O–H groups in total. The summed E-state index contributed by atoms with van der Waals surface area (Å²) in [6, 6.07) is 3.35. The molecule has 0 radical (unpaired) electrons. The van der Waals surface area contributed by atoms with Crippen molar-refractivity contribution in [3.63, 3.8) is 0 Å². The van der Waals surface area contributed by atoms with Crippen molar-refractivity contribution < 1.29 is 8.78 Å². The van der Waals surface area contributed by atoms with E-state index in [0.29, 0.717) is 5.69 Å². The summed E-state index contributed by atoms with van der Waals surface area (Å²) in [5.41, 5.74) is 2.07. The zero-order valence-corrected chi connectivity index (χ0v) is 10.0. The fraction of sp³-hybridized carbons (Fsp3) is 0.167. The highest BCUT2D eigenvalue weighted by Gasteiger charge is 2.14. The van der Waals surface area contributed by atoms with Crippen LogP contribution in [-0.2, 0) is 0 Å². The van der Waals surface area contributed by atoms with Crippen LogP contribution < -0.4 is 0 Å². The highest BCUT2D eigenvalue weighted by Crippen LogP contribution is 2.27. The summed E-state index contributed by atoms with van der Waals surface area (Å²) in [6.07, 6.45) is 0. The van der Waals surface area contributed by atoms with Gasteiger partial charge in [-0.05, 0) is 37.1 Å². The number of hydrogen-bond donors (Lipinski definition) is 0. The van der Waals surface area contributed by atoms with E-state index in [0.717, 1.165) is 17.2 Å². The molecule has 1 aromatic carbocycles. The molecule has 0 unspecified atom stereocenters. The molecule has 0 amide bonds. The van der Waals surface area contributed by atoms with Crippen molar-refractivity contribution in [1.29, 1.82) is 0 Å². The minimum Gasteiger partial charge on any atom is -0.207 e. The van der Waals surface area contributed by atoms with Crippen molar-refractivity contribution in [2.75, 3.05) is 0 Å². The van der Waals surface area contributed by atoms with E-state index in [9.17, 15) is 8.78 Å². The molecule has 0 spiro atoms. The predicted octanol–water partition coefficient (Wildman–Crippen LogP) is 3.69. The van der Waals surface area contributed by atoms with Gasteiger partial charge in [-0.25, -0.2) is 8.78 Å². The van der Waals surface area contributed by atoms with Gasteiger partial charge in [-0.3, -0.25) is 0 Å². The number of benzene rings is 1. The van der Waals surface area contributed by atoms with Gasteiger partial charge in [0, 0.05) is 11.6 Å². The maximum Gasteiger partial charge on any atom is 0.154 e. The minimum absolute atomic E-state index is 0.219. The molecule has 0 saturated carbocycles. The summed E-state index contributed by atoms with van der Waals surface area (Å²) in [5, 5.41) is 7.88. The van der Waals surface area contributed by atoms with E-state index < -0.39 is 11.6 Å². The van der Waals surface area contributed by atoms with E-state index in [4.69, 9.17) is 11.6 Å². The van der Waals surface area contributed by atoms with Crippen molar-refractivity contribution in [1.82, 2.24) is 10.2 Å². The monoisotopic (exact) mass is 254 g/mol. The molecule has 2 nitrogen and oxygen atoms in total. The van der Waals surface area contributed by atoms with Crippen LogP contribution in [0.25, 0.3) is 11.3 Å². The van der Waals surface area contributed by atoms with Gasteiger partial charge in [0.1, 0.15) is 11.6 Å². The van der Waals surface area contributed by atoms with Crippen LogP contribution in [0.5, 0.6) is 0 Å². The van der Waals surface area contributed by atoms with Crippen LogP contribution in [0.1, 0.15) is 11.1 Å². The van der Waals surface area contributed by atoms with Crippen LogP contribution >= 0.6 is 11.6 Å². The van der Waals surface area contributed by atoms with Crippen molar-refractivity contribution in [2.24, 2.45) is 0 Å². The second kappa shape index (κ2) is 4.37. The molecule has 0 atom stereocenters. The number of rotatable bonds is 1. The van der Waals surface area contributed by atoms with Gasteiger partial charge in [-0.2, -0.15) is 0 Å². The third kappa shape index (κ3) is 2.13. The van der Waals surface area contributed by atoms with Crippen molar-refractivity contribution in [2.45, 2.75) is 13.8 Å². The lowest BCUT2D eigenvalue weighted by Gasteiger charge is -2.08. The predicted molar refractivity (Wildman–Crippen MR) is 61.9 cm³/mol. The lowest BCUT2D eigenvalue weighted by molar-refractivity contribution is 0.585. The molecule has 2 rings (SSSR count). The topological polar surface area (TPSA) is 25.8 Å². The van der Waals surface area contributed by atoms with Gasteiger partial charge in [0.2, 0.25) is 0 Å². The molecule has 0 aliphatic rings. The Morgan fingerprint density at radius 1 is 1.06 bits per heavy atom. The van der Waals surface area contributed by atoms with E-state index in [1.807, 2.05) is 0 Å². The van der Waals surface area contributed by atoms with Gasteiger partial charge < -0.3 is 0 Å². The van der Waals surface area contributed by atoms with Crippen LogP contribution in [0.2, 0.25) is 5.15 Å². The Bertz CT molecular complexity index is 585. The maximum atomic E-state index is 13.6. The normalized spacial score (nSPS) is 10.6. The van der Waals surface area contributed by atoms with Crippen molar-refractivity contribution in [3.05, 3.63) is 46.1 Å². The Kier molecular flexibility index (Phi) is 3.07. The Hall–Kier alpha value is -1.55. The molecule has 88 valence electrons. The van der Waals surface area contributed by atoms with Crippen LogP contribution in [0.4, 0.5) is 8.78 Å². The second-order valence-electron chi connectivity index (χ2n) is 3.71. The van der Waals surface area contributed by atoms with E-state index in [2.05, 4.69) is 10.2 Å². The molecule has 0 aliphatic carbocycles. The smallest absolute Gasteiger partial charge is 0.154 e. The van der Waals surface area contributed by atoms with E-state index in [-0.39, 0.29) is 10.7 Å². The summed E-state index contributed by atoms with van der Waals surface area (Å²) >= 11 is 5.81. The largest absolute Gasteiger partial charge is 0.207 e. The van der Waals surface area contributed by atoms with Crippen LogP contribution in [0.15, 0.2) is 18.2 Å². The fourth-order valence-corrected chi connectivity index (χ4v) is 1.69. The Morgan fingerprint density at radius 2 is 1.76 bits per heavy atom. The van der Waals surface area contributed by atoms with Gasteiger partial charge >= 0.3 is 0 Å². The fourth-order valence-electron chi connectivity index (χ4n) is 1.51. The zero-order chi connectivity index (χ0) is 12.6. The summed E-state index contributed by atoms with van der Waals surface area (Å²) in [4.78, 5) is 0. The molecule has 2 aromatic rings. The quantitative estimate of drug-likeness (QED) is 0.776. The third-order valence-corrected chi connectivity index (χ3v) is 3.01. The minimum atomic E-state index is -0.663. The standard InChI is InChI=1S/C12H9ClF2N2/c1-6-7(2)12(13)17-16-11(6)9-4-3-8(14)5-10(9)15/h3-5H,1-2H3. The SMILES string of the molecule is Cc1c(Cl)nnc(-c2ccc(F)cc2F)c1C. The highest BCUT2D eigenvalue weighted by molar-refractivity contribution is 6.30. The molecule has 1 aromatic heterocycles. The number of nitrogens with zero attached hydrogens (tertiary/aromatic N) is 2. The summed E-state index contributed by atoms with van der Waals surface area (Å²) in [6.45, 7) is 3.55. The molecule has 17 heavy (non-hydrogen) atoms. The van der Waals surface area contributed by atoms with E-state index in [1.54, 1.807) is 13.8 Å². The summed E-state index contributed by atoms with van der Waals surface area (Å²) < 4.78 is 26.4. The van der Waals surface area contributed by atoms with Crippen molar-refractivity contribution in [3.8, 4) is 11.3 Å². The Morgan fingerprint density at radius 3 is 2.41 bits per heavy atom. The van der Waals surface area contributed by atoms with Gasteiger partial charge in [0.25, 0.3) is 0 Å². The lowest BCUT2D eigenvalue weighted by atomic mass is 10.0. The molecule has 0 saturated heterocycles. The first kappa shape index (κ1) is 11.9. The molecular weight excluding hydrogens is 246 g/mol. The number of halogens is 3. The zero-order valence-electron chi connectivity index (χ0n) is 9.26. The summed E-state index contributed by atoms with van der Waals surface area (Å²) in [5.74, 6) is -1.29.